The van der Waals surface area contributed by atoms with Crippen molar-refractivity contribution >= 4 is 44.6 Å². The van der Waals surface area contributed by atoms with Crippen LogP contribution in [0.2, 0.25) is 0 Å². The third-order valence-electron chi connectivity index (χ3n) is 4.26. The molecule has 0 saturated heterocycles. The molecule has 2 unspecified atom stereocenters. The van der Waals surface area contributed by atoms with Gasteiger partial charge >= 0.3 is 5.97 Å². The van der Waals surface area contributed by atoms with E-state index in [4.69, 9.17) is 9.52 Å². The number of rotatable bonds is 8. The summed E-state index contributed by atoms with van der Waals surface area (Å²) < 4.78 is 5.26. The molecule has 0 fully saturated rings. The Morgan fingerprint density at radius 3 is 2.71 bits per heavy atom. The molecule has 0 bridgehead atoms. The van der Waals surface area contributed by atoms with Crippen LogP contribution in [-0.4, -0.2) is 39.7 Å². The molecule has 9 nitrogen and oxygen atoms in total. The summed E-state index contributed by atoms with van der Waals surface area (Å²) in [7, 11) is 2.38. The molecular weight excluding hydrogens is 419 g/mol. The van der Waals surface area contributed by atoms with Gasteiger partial charge in [-0.1, -0.05) is 12.1 Å². The molecule has 1 heterocycles. The van der Waals surface area contributed by atoms with Crippen molar-refractivity contribution in [2.45, 2.75) is 12.6 Å². The summed E-state index contributed by atoms with van der Waals surface area (Å²) in [5.41, 5.74) is 1.13. The van der Waals surface area contributed by atoms with Gasteiger partial charge in [0.1, 0.15) is 6.26 Å². The fourth-order valence-corrected chi connectivity index (χ4v) is 2.81. The number of nitrogens with one attached hydrogen (secondary N) is 1. The molecule has 31 heavy (non-hydrogen) atoms. The monoisotopic (exact) mass is 438 g/mol. The highest BCUT2D eigenvalue weighted by Crippen LogP contribution is 2.22. The molecular formula is C21H19N4O5P. The van der Waals surface area contributed by atoms with Gasteiger partial charge in [-0.15, -0.1) is 9.24 Å². The van der Waals surface area contributed by atoms with Gasteiger partial charge in [0.2, 0.25) is 18.2 Å². The first-order valence-corrected chi connectivity index (χ1v) is 9.75. The van der Waals surface area contributed by atoms with Crippen LogP contribution in [0.3, 0.4) is 0 Å². The maximum atomic E-state index is 12.7. The molecule has 3 rings (SSSR count). The number of carboxylic acids is 1. The highest BCUT2D eigenvalue weighted by molar-refractivity contribution is 7.21. The van der Waals surface area contributed by atoms with Crippen molar-refractivity contribution < 1.29 is 23.9 Å². The van der Waals surface area contributed by atoms with Crippen LogP contribution in [0.4, 0.5) is 11.4 Å². The number of carbonyl (C=O) groups excluding carboxylic acids is 2. The molecule has 0 aliphatic heterocycles. The van der Waals surface area contributed by atoms with E-state index in [0.717, 1.165) is 5.01 Å². The van der Waals surface area contributed by atoms with Gasteiger partial charge in [0.05, 0.1) is 28.8 Å². The fraction of sp³-hybridized carbons (Fsp3) is 0.0952. The lowest BCUT2D eigenvalue weighted by molar-refractivity contribution is -0.114. The maximum Gasteiger partial charge on any atom is 0.335 e. The fourth-order valence-electron chi connectivity index (χ4n) is 2.66. The minimum Gasteiger partial charge on any atom is -0.478 e. The third-order valence-corrected chi connectivity index (χ3v) is 5.05. The largest absolute Gasteiger partial charge is 0.478 e. The van der Waals surface area contributed by atoms with Crippen LogP contribution in [0.15, 0.2) is 70.5 Å². The number of carbonyl (C=O) groups is 3. The topological polar surface area (TPSA) is 125 Å². The van der Waals surface area contributed by atoms with Gasteiger partial charge < -0.3 is 14.8 Å². The summed E-state index contributed by atoms with van der Waals surface area (Å²) in [6.45, 7) is 1.60. The number of oxazole rings is 1. The van der Waals surface area contributed by atoms with Crippen molar-refractivity contribution in [3.05, 3.63) is 66.6 Å². The Morgan fingerprint density at radius 1 is 1.26 bits per heavy atom. The number of aromatic nitrogens is 1. The number of hydrogen-bond acceptors (Lipinski definition) is 6. The summed E-state index contributed by atoms with van der Waals surface area (Å²) >= 11 is 0. The highest BCUT2D eigenvalue weighted by Gasteiger charge is 2.19. The molecule has 0 radical (unpaired) electrons. The molecule has 158 valence electrons. The Bertz CT molecular complexity index is 1130. The number of carboxylic acid groups (broad SMARTS) is 1. The second-order valence-corrected chi connectivity index (χ2v) is 7.10. The quantitative estimate of drug-likeness (QED) is 0.241. The molecule has 2 atom stereocenters. The SMILES string of the molecule is C/C(=N/N(C=O)c1cccc(C(=O)O)c1)C(P)C(=O)Nc1cccc(-c2ncco2)c1. The number of aromatic carboxylic acids is 1. The molecule has 2 aromatic carbocycles. The summed E-state index contributed by atoms with van der Waals surface area (Å²) in [6, 6.07) is 12.8. The third kappa shape index (κ3) is 5.40. The molecule has 0 saturated carbocycles. The van der Waals surface area contributed by atoms with Gasteiger partial charge in [0, 0.05) is 11.3 Å². The molecule has 3 aromatic rings. The minimum atomic E-state index is -1.12. The molecule has 2 N–H and O–H groups in total. The first-order valence-electron chi connectivity index (χ1n) is 9.08. The lowest BCUT2D eigenvalue weighted by atomic mass is 10.2. The number of hydrogen-bond donors (Lipinski definition) is 2. The van der Waals surface area contributed by atoms with Crippen molar-refractivity contribution in [2.75, 3.05) is 10.3 Å². The van der Waals surface area contributed by atoms with Crippen molar-refractivity contribution in [3.8, 4) is 11.5 Å². The van der Waals surface area contributed by atoms with Gasteiger partial charge in [-0.05, 0) is 43.3 Å². The van der Waals surface area contributed by atoms with E-state index in [0.29, 0.717) is 29.3 Å². The van der Waals surface area contributed by atoms with Crippen molar-refractivity contribution in [2.24, 2.45) is 5.10 Å². The zero-order valence-corrected chi connectivity index (χ0v) is 17.6. The van der Waals surface area contributed by atoms with Crippen LogP contribution < -0.4 is 10.3 Å². The second kappa shape index (κ2) is 9.77. The van der Waals surface area contributed by atoms with Crippen molar-refractivity contribution in [1.29, 1.82) is 0 Å². The standard InChI is InChI=1S/C21H19N4O5P/c1-13(24-25(12-26)17-7-3-5-15(11-17)21(28)29)18(31)19(27)23-16-6-2-4-14(10-16)20-22-8-9-30-20/h2-12,18H,31H2,1H3,(H,23,27)(H,28,29)/b24-13-. The lowest BCUT2D eigenvalue weighted by Gasteiger charge is -2.17. The van der Waals surface area contributed by atoms with E-state index in [2.05, 4.69) is 24.6 Å². The first-order chi connectivity index (χ1) is 14.9. The Balaban J connectivity index is 1.74. The first kappa shape index (κ1) is 21.9. The number of anilines is 2. The van der Waals surface area contributed by atoms with Gasteiger partial charge in [-0.2, -0.15) is 5.10 Å². The molecule has 1 aromatic heterocycles. The van der Waals surface area contributed by atoms with E-state index in [1.165, 1.54) is 30.7 Å². The van der Waals surface area contributed by atoms with Crippen molar-refractivity contribution in [1.82, 2.24) is 4.98 Å². The second-order valence-electron chi connectivity index (χ2n) is 6.43. The molecule has 0 aliphatic carbocycles. The zero-order chi connectivity index (χ0) is 22.4. The molecule has 10 heteroatoms. The van der Waals surface area contributed by atoms with Gasteiger partial charge in [-0.3, -0.25) is 9.59 Å². The molecule has 2 amide bonds. The van der Waals surface area contributed by atoms with Crippen LogP contribution in [0.5, 0.6) is 0 Å². The number of amides is 2. The Hall–Kier alpha value is -3.84. The highest BCUT2D eigenvalue weighted by atomic mass is 31.0. The van der Waals surface area contributed by atoms with Crippen LogP contribution in [0, 0.1) is 0 Å². The summed E-state index contributed by atoms with van der Waals surface area (Å²) in [5.74, 6) is -1.05. The van der Waals surface area contributed by atoms with Gasteiger partial charge in [-0.25, -0.2) is 14.8 Å². The Morgan fingerprint density at radius 2 is 2.03 bits per heavy atom. The van der Waals surface area contributed by atoms with Gasteiger partial charge in [0.25, 0.3) is 0 Å². The Labute approximate surface area is 180 Å². The molecule has 0 spiro atoms. The van der Waals surface area contributed by atoms with E-state index in [1.807, 2.05) is 0 Å². The predicted octanol–water partition coefficient (Wildman–Crippen LogP) is 3.26. The van der Waals surface area contributed by atoms with E-state index in [9.17, 15) is 14.4 Å². The maximum absolute atomic E-state index is 12.7. The zero-order valence-electron chi connectivity index (χ0n) is 16.4. The number of benzene rings is 2. The summed E-state index contributed by atoms with van der Waals surface area (Å²) in [5, 5.41) is 17.1. The minimum absolute atomic E-state index is 0.0169. The van der Waals surface area contributed by atoms with Gasteiger partial charge in [0.15, 0.2) is 0 Å². The summed E-state index contributed by atoms with van der Waals surface area (Å²) in [6.07, 6.45) is 3.44. The Kier molecular flexibility index (Phi) is 6.89. The smallest absolute Gasteiger partial charge is 0.335 e. The van der Waals surface area contributed by atoms with E-state index in [-0.39, 0.29) is 17.2 Å². The number of hydrazone groups is 1. The van der Waals surface area contributed by atoms with Crippen LogP contribution >= 0.6 is 9.24 Å². The normalized spacial score (nSPS) is 12.1. The average Bonchev–Trinajstić information content (AvgIpc) is 3.32. The average molecular weight is 438 g/mol. The van der Waals surface area contributed by atoms with Crippen molar-refractivity contribution in [3.63, 3.8) is 0 Å². The molecule has 0 aliphatic rings. The van der Waals surface area contributed by atoms with E-state index in [1.54, 1.807) is 37.3 Å². The van der Waals surface area contributed by atoms with Crippen LogP contribution in [0.25, 0.3) is 11.5 Å². The number of nitrogens with zero attached hydrogens (tertiary/aromatic N) is 3. The van der Waals surface area contributed by atoms with E-state index >= 15 is 0 Å². The van der Waals surface area contributed by atoms with Crippen LogP contribution in [0.1, 0.15) is 17.3 Å². The lowest BCUT2D eigenvalue weighted by Crippen LogP contribution is -2.30. The van der Waals surface area contributed by atoms with E-state index < -0.39 is 11.6 Å². The summed E-state index contributed by atoms with van der Waals surface area (Å²) in [4.78, 5) is 39.4. The van der Waals surface area contributed by atoms with Crippen LogP contribution in [-0.2, 0) is 9.59 Å². The predicted molar refractivity (Wildman–Crippen MR) is 119 cm³/mol.